The molecule has 1 heterocycles. The molecule has 3 fully saturated rings. The molecule has 17 heavy (non-hydrogen) atoms. The van der Waals surface area contributed by atoms with E-state index in [2.05, 4.69) is 17.1 Å². The van der Waals surface area contributed by atoms with Crippen LogP contribution in [0.2, 0.25) is 0 Å². The van der Waals surface area contributed by atoms with E-state index in [0.717, 1.165) is 24.7 Å². The molecule has 2 saturated carbocycles. The zero-order valence-corrected chi connectivity index (χ0v) is 11.0. The number of hydrogen-bond acceptors (Lipinski definition) is 3. The number of hydrogen-bond donors (Lipinski definition) is 1. The molecule has 3 nitrogen and oxygen atoms in total. The first-order chi connectivity index (χ1) is 8.35. The molecule has 0 aromatic carbocycles. The number of ether oxygens (including phenoxy) is 1. The Balaban J connectivity index is 1.41. The highest BCUT2D eigenvalue weighted by atomic mass is 16.5. The van der Waals surface area contributed by atoms with Crippen LogP contribution in [0.1, 0.15) is 45.4 Å². The standard InChI is InChI=1S/C14H26N2O/c1-2-17-14-8-13(9-14)16-7-3-4-12(10-16)15-11-5-6-11/h11-15H,2-10H2,1H3. The number of nitrogens with one attached hydrogen (secondary N) is 1. The van der Waals surface area contributed by atoms with Gasteiger partial charge >= 0.3 is 0 Å². The molecule has 2 aliphatic carbocycles. The molecule has 0 amide bonds. The van der Waals surface area contributed by atoms with Gasteiger partial charge in [0.1, 0.15) is 0 Å². The van der Waals surface area contributed by atoms with Gasteiger partial charge in [0.15, 0.2) is 0 Å². The summed E-state index contributed by atoms with van der Waals surface area (Å²) < 4.78 is 5.66. The molecule has 3 rings (SSSR count). The van der Waals surface area contributed by atoms with Gasteiger partial charge in [0.2, 0.25) is 0 Å². The Bertz CT molecular complexity index is 249. The smallest absolute Gasteiger partial charge is 0.0604 e. The van der Waals surface area contributed by atoms with E-state index in [1.54, 1.807) is 0 Å². The van der Waals surface area contributed by atoms with E-state index >= 15 is 0 Å². The van der Waals surface area contributed by atoms with Crippen LogP contribution in [0.3, 0.4) is 0 Å². The van der Waals surface area contributed by atoms with Crippen molar-refractivity contribution in [2.45, 2.75) is 69.7 Å². The molecule has 1 N–H and O–H groups in total. The number of likely N-dealkylation sites (tertiary alicyclic amines) is 1. The van der Waals surface area contributed by atoms with Crippen LogP contribution in [0, 0.1) is 0 Å². The van der Waals surface area contributed by atoms with E-state index in [-0.39, 0.29) is 0 Å². The molecular formula is C14H26N2O. The summed E-state index contributed by atoms with van der Waals surface area (Å²) in [7, 11) is 0. The van der Waals surface area contributed by atoms with Crippen LogP contribution in [-0.4, -0.2) is 48.8 Å². The third-order valence-corrected chi connectivity index (χ3v) is 4.49. The average Bonchev–Trinajstić information content (AvgIpc) is 3.07. The molecule has 98 valence electrons. The Morgan fingerprint density at radius 3 is 2.71 bits per heavy atom. The molecule has 1 atom stereocenters. The SMILES string of the molecule is CCOC1CC(N2CCCC(NC3CC3)C2)C1. The highest BCUT2D eigenvalue weighted by molar-refractivity contribution is 4.93. The van der Waals surface area contributed by atoms with Crippen LogP contribution >= 0.6 is 0 Å². The maximum atomic E-state index is 5.66. The van der Waals surface area contributed by atoms with Crippen molar-refractivity contribution < 1.29 is 4.74 Å². The second-order valence-electron chi connectivity index (χ2n) is 5.98. The van der Waals surface area contributed by atoms with Gasteiger partial charge in [-0.1, -0.05) is 0 Å². The van der Waals surface area contributed by atoms with Crippen molar-refractivity contribution in [3.05, 3.63) is 0 Å². The van der Waals surface area contributed by atoms with Crippen molar-refractivity contribution >= 4 is 0 Å². The molecular weight excluding hydrogens is 212 g/mol. The van der Waals surface area contributed by atoms with E-state index in [1.807, 2.05) is 0 Å². The zero-order valence-electron chi connectivity index (χ0n) is 11.0. The molecule has 3 aliphatic rings. The van der Waals surface area contributed by atoms with Gasteiger partial charge in [0, 0.05) is 31.3 Å². The summed E-state index contributed by atoms with van der Waals surface area (Å²) in [5.74, 6) is 0. The fourth-order valence-electron chi connectivity index (χ4n) is 3.27. The van der Waals surface area contributed by atoms with Gasteiger partial charge in [-0.3, -0.25) is 4.90 Å². The summed E-state index contributed by atoms with van der Waals surface area (Å²) in [6, 6.07) is 2.44. The van der Waals surface area contributed by atoms with Crippen LogP contribution in [0.15, 0.2) is 0 Å². The van der Waals surface area contributed by atoms with Crippen molar-refractivity contribution in [2.75, 3.05) is 19.7 Å². The minimum Gasteiger partial charge on any atom is -0.378 e. The summed E-state index contributed by atoms with van der Waals surface area (Å²) >= 11 is 0. The predicted molar refractivity (Wildman–Crippen MR) is 69.2 cm³/mol. The van der Waals surface area contributed by atoms with E-state index < -0.39 is 0 Å². The monoisotopic (exact) mass is 238 g/mol. The first-order valence-corrected chi connectivity index (χ1v) is 7.47. The summed E-state index contributed by atoms with van der Waals surface area (Å²) in [6.07, 6.45) is 8.67. The van der Waals surface area contributed by atoms with Crippen molar-refractivity contribution in [1.29, 1.82) is 0 Å². The van der Waals surface area contributed by atoms with Crippen LogP contribution in [0.5, 0.6) is 0 Å². The van der Waals surface area contributed by atoms with Crippen LogP contribution < -0.4 is 5.32 Å². The van der Waals surface area contributed by atoms with Gasteiger partial charge in [-0.25, -0.2) is 0 Å². The molecule has 0 aromatic heterocycles. The summed E-state index contributed by atoms with van der Waals surface area (Å²) in [5, 5.41) is 3.79. The van der Waals surface area contributed by atoms with Gasteiger partial charge in [-0.2, -0.15) is 0 Å². The van der Waals surface area contributed by atoms with Gasteiger partial charge < -0.3 is 10.1 Å². The molecule has 0 spiro atoms. The number of piperidine rings is 1. The number of rotatable bonds is 5. The van der Waals surface area contributed by atoms with Crippen LogP contribution in [0.4, 0.5) is 0 Å². The topological polar surface area (TPSA) is 24.5 Å². The van der Waals surface area contributed by atoms with Gasteiger partial charge in [-0.15, -0.1) is 0 Å². The zero-order chi connectivity index (χ0) is 11.7. The molecule has 0 radical (unpaired) electrons. The summed E-state index contributed by atoms with van der Waals surface area (Å²) in [5.41, 5.74) is 0. The summed E-state index contributed by atoms with van der Waals surface area (Å²) in [6.45, 7) is 5.57. The first-order valence-electron chi connectivity index (χ1n) is 7.47. The highest BCUT2D eigenvalue weighted by Crippen LogP contribution is 2.31. The highest BCUT2D eigenvalue weighted by Gasteiger charge is 2.37. The lowest BCUT2D eigenvalue weighted by atomic mass is 9.86. The van der Waals surface area contributed by atoms with E-state index in [4.69, 9.17) is 4.74 Å². The van der Waals surface area contributed by atoms with Gasteiger partial charge in [0.25, 0.3) is 0 Å². The maximum absolute atomic E-state index is 5.66. The molecule has 0 bridgehead atoms. The molecule has 1 saturated heterocycles. The third kappa shape index (κ3) is 3.01. The van der Waals surface area contributed by atoms with Gasteiger partial charge in [0.05, 0.1) is 6.10 Å². The molecule has 1 unspecified atom stereocenters. The van der Waals surface area contributed by atoms with Gasteiger partial charge in [-0.05, 0) is 52.0 Å². The minimum absolute atomic E-state index is 0.557. The van der Waals surface area contributed by atoms with Crippen LogP contribution in [-0.2, 0) is 4.74 Å². The predicted octanol–water partition coefficient (Wildman–Crippen LogP) is 1.77. The second-order valence-corrected chi connectivity index (χ2v) is 5.98. The summed E-state index contributed by atoms with van der Waals surface area (Å²) in [4.78, 5) is 2.71. The van der Waals surface area contributed by atoms with Crippen LogP contribution in [0.25, 0.3) is 0 Å². The Hall–Kier alpha value is -0.120. The fourth-order valence-corrected chi connectivity index (χ4v) is 3.27. The quantitative estimate of drug-likeness (QED) is 0.790. The lowest BCUT2D eigenvalue weighted by Gasteiger charge is -2.46. The minimum atomic E-state index is 0.557. The normalized spacial score (nSPS) is 39.0. The Morgan fingerprint density at radius 2 is 2.00 bits per heavy atom. The molecule has 0 aromatic rings. The average molecular weight is 238 g/mol. The Labute approximate surface area is 105 Å². The van der Waals surface area contributed by atoms with Crippen molar-refractivity contribution in [1.82, 2.24) is 10.2 Å². The third-order valence-electron chi connectivity index (χ3n) is 4.49. The van der Waals surface area contributed by atoms with Crippen molar-refractivity contribution in [2.24, 2.45) is 0 Å². The van der Waals surface area contributed by atoms with E-state index in [0.29, 0.717) is 6.10 Å². The Morgan fingerprint density at radius 1 is 1.18 bits per heavy atom. The maximum Gasteiger partial charge on any atom is 0.0604 e. The van der Waals surface area contributed by atoms with Crippen molar-refractivity contribution in [3.8, 4) is 0 Å². The molecule has 1 aliphatic heterocycles. The molecule has 3 heteroatoms. The lowest BCUT2D eigenvalue weighted by molar-refractivity contribution is -0.0531. The Kier molecular flexibility index (Phi) is 3.69. The lowest BCUT2D eigenvalue weighted by Crippen LogP contribution is -2.55. The first kappa shape index (κ1) is 11.9. The van der Waals surface area contributed by atoms with Crippen molar-refractivity contribution in [3.63, 3.8) is 0 Å². The fraction of sp³-hybridized carbons (Fsp3) is 1.00. The largest absolute Gasteiger partial charge is 0.378 e. The van der Waals surface area contributed by atoms with E-state index in [9.17, 15) is 0 Å². The van der Waals surface area contributed by atoms with E-state index in [1.165, 1.54) is 51.6 Å². The second kappa shape index (κ2) is 5.25. The number of nitrogens with zero attached hydrogens (tertiary/aromatic N) is 1.